The quantitative estimate of drug-likeness (QED) is 0.477. The minimum Gasteiger partial charge on any atom is -0.383 e. The number of nitrogens with zero attached hydrogens (tertiary/aromatic N) is 2. The van der Waals surface area contributed by atoms with Crippen molar-refractivity contribution < 1.29 is 17.6 Å². The molecule has 0 atom stereocenters. The van der Waals surface area contributed by atoms with Crippen LogP contribution in [0.25, 0.3) is 0 Å². The van der Waals surface area contributed by atoms with Crippen molar-refractivity contribution in [2.75, 3.05) is 11.2 Å². The number of hydrogen-bond donors (Lipinski definition) is 2. The van der Waals surface area contributed by atoms with Crippen molar-refractivity contribution in [3.8, 4) is 0 Å². The molecule has 0 saturated carbocycles. The Labute approximate surface area is 128 Å². The van der Waals surface area contributed by atoms with Crippen molar-refractivity contribution in [2.24, 2.45) is 5.10 Å². The van der Waals surface area contributed by atoms with Gasteiger partial charge in [-0.3, -0.25) is 5.43 Å². The van der Waals surface area contributed by atoms with E-state index in [0.29, 0.717) is 0 Å². The Bertz CT molecular complexity index is 683. The van der Waals surface area contributed by atoms with Crippen LogP contribution in [-0.2, 0) is 6.18 Å². The molecule has 0 radical (unpaired) electrons. The number of benzene rings is 1. The highest BCUT2D eigenvalue weighted by atomic mass is 79.9. The lowest BCUT2D eigenvalue weighted by molar-refractivity contribution is -0.137. The van der Waals surface area contributed by atoms with Crippen LogP contribution in [0.3, 0.4) is 0 Å². The van der Waals surface area contributed by atoms with Crippen LogP contribution in [0.2, 0.25) is 0 Å². The number of nitrogens with two attached hydrogens (primary N) is 1. The molecule has 0 aliphatic rings. The monoisotopic (exact) mass is 382 g/mol. The van der Waals surface area contributed by atoms with E-state index in [0.717, 1.165) is 29.7 Å². The van der Waals surface area contributed by atoms with Crippen molar-refractivity contribution >= 4 is 44.4 Å². The number of hydrazone groups is 1. The summed E-state index contributed by atoms with van der Waals surface area (Å²) in [6, 6.07) is 1.76. The molecule has 1 aromatic heterocycles. The molecule has 1 aromatic carbocycles. The van der Waals surface area contributed by atoms with Gasteiger partial charge in [-0.25, -0.2) is 9.37 Å². The van der Waals surface area contributed by atoms with Crippen LogP contribution in [0, 0.1) is 5.82 Å². The maximum absolute atomic E-state index is 13.8. The fourth-order valence-electron chi connectivity index (χ4n) is 1.43. The van der Waals surface area contributed by atoms with Gasteiger partial charge in [-0.05, 0) is 28.1 Å². The molecule has 0 saturated heterocycles. The largest absolute Gasteiger partial charge is 0.417 e. The molecule has 0 fully saturated rings. The van der Waals surface area contributed by atoms with E-state index in [1.807, 2.05) is 0 Å². The van der Waals surface area contributed by atoms with Gasteiger partial charge in [0.05, 0.1) is 16.3 Å². The second-order valence-corrected chi connectivity index (χ2v) is 5.48. The Morgan fingerprint density at radius 2 is 2.10 bits per heavy atom. The van der Waals surface area contributed by atoms with E-state index in [9.17, 15) is 17.6 Å². The second-order valence-electron chi connectivity index (χ2n) is 3.77. The highest BCUT2D eigenvalue weighted by Gasteiger charge is 2.34. The van der Waals surface area contributed by atoms with Crippen LogP contribution in [-0.4, -0.2) is 11.2 Å². The molecule has 21 heavy (non-hydrogen) atoms. The molecule has 4 nitrogen and oxygen atoms in total. The van der Waals surface area contributed by atoms with E-state index in [4.69, 9.17) is 5.73 Å². The maximum Gasteiger partial charge on any atom is 0.417 e. The first-order valence-corrected chi connectivity index (χ1v) is 7.01. The Morgan fingerprint density at radius 3 is 2.67 bits per heavy atom. The fourth-order valence-corrected chi connectivity index (χ4v) is 2.32. The van der Waals surface area contributed by atoms with Crippen molar-refractivity contribution in [2.45, 2.75) is 6.18 Å². The normalized spacial score (nSPS) is 12.0. The number of nitrogens with one attached hydrogen (secondary N) is 1. The summed E-state index contributed by atoms with van der Waals surface area (Å²) in [6.45, 7) is 0. The molecule has 0 aliphatic heterocycles. The number of aromatic nitrogens is 1. The van der Waals surface area contributed by atoms with Gasteiger partial charge in [0.15, 0.2) is 0 Å². The van der Waals surface area contributed by atoms with Crippen molar-refractivity contribution in [1.29, 1.82) is 0 Å². The Hall–Kier alpha value is -1.68. The van der Waals surface area contributed by atoms with Gasteiger partial charge in [-0.1, -0.05) is 0 Å². The maximum atomic E-state index is 13.8. The molecular weight excluding hydrogens is 376 g/mol. The number of nitrogen functional groups attached to an aromatic ring is 1. The SMILES string of the molecule is Nc1csc(NN=Cc2c(C(F)(F)F)ccc(Br)c2F)n1. The van der Waals surface area contributed by atoms with E-state index in [2.05, 4.69) is 31.4 Å². The third-order valence-corrected chi connectivity index (χ3v) is 3.69. The van der Waals surface area contributed by atoms with Gasteiger partial charge in [0, 0.05) is 10.9 Å². The lowest BCUT2D eigenvalue weighted by atomic mass is 10.1. The minimum atomic E-state index is -4.69. The predicted molar refractivity (Wildman–Crippen MR) is 76.8 cm³/mol. The summed E-state index contributed by atoms with van der Waals surface area (Å²) in [4.78, 5) is 3.80. The topological polar surface area (TPSA) is 63.3 Å². The van der Waals surface area contributed by atoms with E-state index in [1.165, 1.54) is 5.38 Å². The second kappa shape index (κ2) is 5.98. The van der Waals surface area contributed by atoms with Gasteiger partial charge < -0.3 is 5.73 Å². The summed E-state index contributed by atoms with van der Waals surface area (Å²) in [5, 5.41) is 5.37. The third-order valence-electron chi connectivity index (χ3n) is 2.31. The Morgan fingerprint density at radius 1 is 1.38 bits per heavy atom. The first-order valence-electron chi connectivity index (χ1n) is 5.34. The molecule has 3 N–H and O–H groups in total. The lowest BCUT2D eigenvalue weighted by Gasteiger charge is -2.11. The standard InChI is InChI=1S/C11H7BrF4N4S/c12-7-2-1-6(11(14,15)16)5(9(7)13)3-18-20-10-19-8(17)4-21-10/h1-4H,17H2,(H,19,20). The summed E-state index contributed by atoms with van der Waals surface area (Å²) in [7, 11) is 0. The first kappa shape index (κ1) is 15.7. The zero-order valence-electron chi connectivity index (χ0n) is 10.1. The average Bonchev–Trinajstić information content (AvgIpc) is 2.79. The van der Waals surface area contributed by atoms with E-state index in [-0.39, 0.29) is 15.4 Å². The van der Waals surface area contributed by atoms with E-state index in [1.54, 1.807) is 0 Å². The lowest BCUT2D eigenvalue weighted by Crippen LogP contribution is -2.11. The smallest absolute Gasteiger partial charge is 0.383 e. The average molecular weight is 383 g/mol. The molecule has 2 aromatic rings. The number of rotatable bonds is 3. The molecule has 112 valence electrons. The van der Waals surface area contributed by atoms with E-state index >= 15 is 0 Å². The molecule has 2 rings (SSSR count). The number of halogens is 5. The zero-order valence-corrected chi connectivity index (χ0v) is 12.5. The minimum absolute atomic E-state index is 0.0876. The van der Waals surface area contributed by atoms with Crippen LogP contribution in [0.5, 0.6) is 0 Å². The summed E-state index contributed by atoms with van der Waals surface area (Å²) >= 11 is 3.95. The van der Waals surface area contributed by atoms with Crippen LogP contribution < -0.4 is 11.2 Å². The van der Waals surface area contributed by atoms with E-state index < -0.39 is 23.1 Å². The molecule has 10 heteroatoms. The summed E-state index contributed by atoms with van der Waals surface area (Å²) < 4.78 is 52.2. The first-order chi connectivity index (χ1) is 9.79. The van der Waals surface area contributed by atoms with Crippen LogP contribution in [0.1, 0.15) is 11.1 Å². The molecule has 0 spiro atoms. The van der Waals surface area contributed by atoms with Gasteiger partial charge in [-0.15, -0.1) is 11.3 Å². The summed E-state index contributed by atoms with van der Waals surface area (Å²) in [5.74, 6) is -0.795. The van der Waals surface area contributed by atoms with Gasteiger partial charge in [0.25, 0.3) is 0 Å². The molecular formula is C11H7BrF4N4S. The fraction of sp³-hybridized carbons (Fsp3) is 0.0909. The molecule has 0 bridgehead atoms. The van der Waals surface area contributed by atoms with Crippen molar-refractivity contribution in [1.82, 2.24) is 4.98 Å². The highest BCUT2D eigenvalue weighted by molar-refractivity contribution is 9.10. The number of thiazole rings is 1. The summed E-state index contributed by atoms with van der Waals surface area (Å²) in [6.07, 6.45) is -3.94. The Balaban J connectivity index is 2.31. The summed E-state index contributed by atoms with van der Waals surface area (Å²) in [5.41, 5.74) is 5.98. The predicted octanol–water partition coefficient (Wildman–Crippen LogP) is 4.09. The molecule has 0 amide bonds. The molecule has 0 unspecified atom stereocenters. The Kier molecular flexibility index (Phi) is 4.47. The zero-order chi connectivity index (χ0) is 15.6. The molecule has 0 aliphatic carbocycles. The number of alkyl halides is 3. The number of hydrogen-bond acceptors (Lipinski definition) is 5. The van der Waals surface area contributed by atoms with Gasteiger partial charge >= 0.3 is 6.18 Å². The van der Waals surface area contributed by atoms with Crippen LogP contribution in [0.4, 0.5) is 28.5 Å². The third kappa shape index (κ3) is 3.70. The van der Waals surface area contributed by atoms with Gasteiger partial charge in [0.1, 0.15) is 11.6 Å². The highest BCUT2D eigenvalue weighted by Crippen LogP contribution is 2.34. The van der Waals surface area contributed by atoms with Gasteiger partial charge in [0.2, 0.25) is 5.13 Å². The van der Waals surface area contributed by atoms with Crippen LogP contribution in [0.15, 0.2) is 27.1 Å². The molecule has 1 heterocycles. The van der Waals surface area contributed by atoms with Crippen molar-refractivity contribution in [3.05, 3.63) is 38.9 Å². The number of anilines is 2. The van der Waals surface area contributed by atoms with Crippen LogP contribution >= 0.6 is 27.3 Å². The van der Waals surface area contributed by atoms with Gasteiger partial charge in [-0.2, -0.15) is 18.3 Å². The van der Waals surface area contributed by atoms with Crippen molar-refractivity contribution in [3.63, 3.8) is 0 Å².